The van der Waals surface area contributed by atoms with Gasteiger partial charge in [0.25, 0.3) is 5.91 Å². The third-order valence-electron chi connectivity index (χ3n) is 4.20. The fourth-order valence-electron chi connectivity index (χ4n) is 2.57. The molecular formula is C19H16ClN3O3S2. The maximum Gasteiger partial charge on any atom is 0.257 e. The minimum atomic E-state index is -3.53. The van der Waals surface area contributed by atoms with E-state index in [4.69, 9.17) is 11.6 Å². The first-order valence-electron chi connectivity index (χ1n) is 8.56. The molecule has 1 saturated carbocycles. The number of anilines is 1. The van der Waals surface area contributed by atoms with E-state index < -0.39 is 10.0 Å². The summed E-state index contributed by atoms with van der Waals surface area (Å²) in [7, 11) is -3.53. The van der Waals surface area contributed by atoms with E-state index in [1.54, 1.807) is 6.07 Å². The van der Waals surface area contributed by atoms with Crippen LogP contribution in [-0.4, -0.2) is 25.4 Å². The highest BCUT2D eigenvalue weighted by Gasteiger charge is 2.28. The van der Waals surface area contributed by atoms with Gasteiger partial charge in [-0.05, 0) is 43.2 Å². The zero-order valence-corrected chi connectivity index (χ0v) is 16.9. The number of nitrogens with zero attached hydrogens (tertiary/aromatic N) is 1. The van der Waals surface area contributed by atoms with E-state index in [-0.39, 0.29) is 16.8 Å². The van der Waals surface area contributed by atoms with Crippen molar-refractivity contribution in [1.82, 2.24) is 9.71 Å². The van der Waals surface area contributed by atoms with Crippen molar-refractivity contribution in [3.8, 4) is 11.3 Å². The van der Waals surface area contributed by atoms with Gasteiger partial charge in [-0.15, -0.1) is 11.3 Å². The van der Waals surface area contributed by atoms with Gasteiger partial charge in [-0.2, -0.15) is 0 Å². The molecule has 3 aromatic rings. The highest BCUT2D eigenvalue weighted by atomic mass is 35.5. The van der Waals surface area contributed by atoms with Crippen molar-refractivity contribution >= 4 is 44.0 Å². The molecular weight excluding hydrogens is 418 g/mol. The third kappa shape index (κ3) is 4.25. The number of carbonyl (C=O) groups is 1. The first-order valence-corrected chi connectivity index (χ1v) is 11.3. The van der Waals surface area contributed by atoms with E-state index in [9.17, 15) is 13.2 Å². The summed E-state index contributed by atoms with van der Waals surface area (Å²) in [6, 6.07) is 13.2. The van der Waals surface area contributed by atoms with Gasteiger partial charge >= 0.3 is 0 Å². The molecule has 2 aromatic carbocycles. The second-order valence-corrected chi connectivity index (χ2v) is 9.37. The van der Waals surface area contributed by atoms with Crippen LogP contribution in [0.15, 0.2) is 58.8 Å². The van der Waals surface area contributed by atoms with E-state index in [1.165, 1.54) is 35.6 Å². The summed E-state index contributed by atoms with van der Waals surface area (Å²) in [5.41, 5.74) is 1.82. The topological polar surface area (TPSA) is 88.2 Å². The van der Waals surface area contributed by atoms with Crippen LogP contribution in [0, 0.1) is 0 Å². The van der Waals surface area contributed by atoms with Crippen molar-refractivity contribution in [2.45, 2.75) is 23.8 Å². The first-order chi connectivity index (χ1) is 13.4. The van der Waals surface area contributed by atoms with Crippen LogP contribution in [0.5, 0.6) is 0 Å². The molecule has 0 aliphatic heterocycles. The molecule has 0 saturated heterocycles. The normalized spacial score (nSPS) is 14.0. The van der Waals surface area contributed by atoms with Crippen LogP contribution >= 0.6 is 22.9 Å². The molecule has 28 heavy (non-hydrogen) atoms. The monoisotopic (exact) mass is 433 g/mol. The molecule has 1 amide bonds. The summed E-state index contributed by atoms with van der Waals surface area (Å²) in [5, 5.41) is 5.57. The number of amides is 1. The van der Waals surface area contributed by atoms with E-state index >= 15 is 0 Å². The molecule has 0 bridgehead atoms. The van der Waals surface area contributed by atoms with Gasteiger partial charge in [-0.3, -0.25) is 10.1 Å². The van der Waals surface area contributed by atoms with Gasteiger partial charge in [0.05, 0.1) is 10.6 Å². The molecule has 144 valence electrons. The number of sulfonamides is 1. The molecule has 6 nitrogen and oxygen atoms in total. The zero-order valence-electron chi connectivity index (χ0n) is 14.6. The largest absolute Gasteiger partial charge is 0.298 e. The van der Waals surface area contributed by atoms with E-state index in [0.29, 0.717) is 21.4 Å². The van der Waals surface area contributed by atoms with Crippen LogP contribution < -0.4 is 10.0 Å². The minimum absolute atomic E-state index is 0.0326. The maximum absolute atomic E-state index is 12.4. The Kier molecular flexibility index (Phi) is 5.20. The van der Waals surface area contributed by atoms with Crippen molar-refractivity contribution in [2.24, 2.45) is 0 Å². The van der Waals surface area contributed by atoms with Crippen molar-refractivity contribution in [3.05, 3.63) is 64.5 Å². The van der Waals surface area contributed by atoms with Crippen LogP contribution in [-0.2, 0) is 10.0 Å². The molecule has 0 radical (unpaired) electrons. The molecule has 1 aliphatic carbocycles. The molecule has 1 aromatic heterocycles. The zero-order chi connectivity index (χ0) is 19.7. The lowest BCUT2D eigenvalue weighted by Crippen LogP contribution is -2.25. The Balaban J connectivity index is 1.46. The van der Waals surface area contributed by atoms with Crippen molar-refractivity contribution in [3.63, 3.8) is 0 Å². The molecule has 9 heteroatoms. The average molecular weight is 434 g/mol. The van der Waals surface area contributed by atoms with Crippen LogP contribution in [0.25, 0.3) is 11.3 Å². The number of rotatable bonds is 6. The lowest BCUT2D eigenvalue weighted by molar-refractivity contribution is 0.102. The summed E-state index contributed by atoms with van der Waals surface area (Å²) in [6.45, 7) is 0. The SMILES string of the molecule is O=C(Nc1nc(-c2ccccc2Cl)cs1)c1ccc(S(=O)(=O)NC2CC2)cc1. The first kappa shape index (κ1) is 19.1. The van der Waals surface area contributed by atoms with Crippen molar-refractivity contribution in [2.75, 3.05) is 5.32 Å². The minimum Gasteiger partial charge on any atom is -0.298 e. The maximum atomic E-state index is 12.4. The molecule has 4 rings (SSSR count). The number of thiazole rings is 1. The van der Waals surface area contributed by atoms with Crippen molar-refractivity contribution < 1.29 is 13.2 Å². The number of carbonyl (C=O) groups excluding carboxylic acids is 1. The van der Waals surface area contributed by atoms with E-state index in [2.05, 4.69) is 15.0 Å². The van der Waals surface area contributed by atoms with E-state index in [1.807, 2.05) is 23.6 Å². The van der Waals surface area contributed by atoms with E-state index in [0.717, 1.165) is 18.4 Å². The lowest BCUT2D eigenvalue weighted by atomic mass is 10.2. The third-order valence-corrected chi connectivity index (χ3v) is 6.82. The van der Waals surface area contributed by atoms with Gasteiger partial charge in [-0.1, -0.05) is 29.8 Å². The van der Waals surface area contributed by atoms with Crippen molar-refractivity contribution in [1.29, 1.82) is 0 Å². The Morgan fingerprint density at radius 2 is 1.82 bits per heavy atom. The molecule has 0 atom stereocenters. The van der Waals surface area contributed by atoms with Gasteiger partial charge in [0.1, 0.15) is 0 Å². The Bertz CT molecular complexity index is 1120. The Morgan fingerprint density at radius 1 is 1.11 bits per heavy atom. The van der Waals surface area contributed by atoms with Gasteiger partial charge < -0.3 is 0 Å². The standard InChI is InChI=1S/C19H16ClN3O3S2/c20-16-4-2-1-3-15(16)17-11-27-19(21-17)22-18(24)12-5-9-14(10-6-12)28(25,26)23-13-7-8-13/h1-6,9-11,13,23H,7-8H2,(H,21,22,24). The number of aromatic nitrogens is 1. The Labute approximate surface area is 171 Å². The predicted octanol–water partition coefficient (Wildman–Crippen LogP) is 4.16. The molecule has 1 aliphatic rings. The molecule has 1 fully saturated rings. The van der Waals surface area contributed by atoms with Crippen LogP contribution in [0.4, 0.5) is 5.13 Å². The molecule has 0 unspecified atom stereocenters. The quantitative estimate of drug-likeness (QED) is 0.611. The number of nitrogens with one attached hydrogen (secondary N) is 2. The van der Waals surface area contributed by atoms with Gasteiger partial charge in [0.2, 0.25) is 10.0 Å². The molecule has 0 spiro atoms. The second kappa shape index (κ2) is 7.63. The Hall–Kier alpha value is -2.26. The fraction of sp³-hybridized carbons (Fsp3) is 0.158. The second-order valence-electron chi connectivity index (χ2n) is 6.39. The summed E-state index contributed by atoms with van der Waals surface area (Å²) >= 11 is 7.47. The number of hydrogen-bond acceptors (Lipinski definition) is 5. The predicted molar refractivity (Wildman–Crippen MR) is 110 cm³/mol. The summed E-state index contributed by atoms with van der Waals surface area (Å²) in [5.74, 6) is -0.362. The van der Waals surface area contributed by atoms with Gasteiger partial charge in [0.15, 0.2) is 5.13 Å². The van der Waals surface area contributed by atoms with Crippen LogP contribution in [0.1, 0.15) is 23.2 Å². The van der Waals surface area contributed by atoms with Gasteiger partial charge in [0, 0.05) is 27.6 Å². The molecule has 1 heterocycles. The summed E-state index contributed by atoms with van der Waals surface area (Å²) < 4.78 is 27.0. The van der Waals surface area contributed by atoms with Gasteiger partial charge in [-0.25, -0.2) is 18.1 Å². The lowest BCUT2D eigenvalue weighted by Gasteiger charge is -2.06. The highest BCUT2D eigenvalue weighted by molar-refractivity contribution is 7.89. The Morgan fingerprint density at radius 3 is 2.50 bits per heavy atom. The number of benzene rings is 2. The number of hydrogen-bond donors (Lipinski definition) is 2. The number of halogens is 1. The smallest absolute Gasteiger partial charge is 0.257 e. The molecule has 2 N–H and O–H groups in total. The highest BCUT2D eigenvalue weighted by Crippen LogP contribution is 2.30. The van der Waals surface area contributed by atoms with Crippen LogP contribution in [0.3, 0.4) is 0 Å². The fourth-order valence-corrected chi connectivity index (χ4v) is 4.81. The average Bonchev–Trinajstić information content (AvgIpc) is 3.36. The van der Waals surface area contributed by atoms with Crippen LogP contribution in [0.2, 0.25) is 5.02 Å². The summed E-state index contributed by atoms with van der Waals surface area (Å²) in [6.07, 6.45) is 1.73. The summed E-state index contributed by atoms with van der Waals surface area (Å²) in [4.78, 5) is 17.0.